The third kappa shape index (κ3) is 8.82. The first-order valence-electron chi connectivity index (χ1n) is 7.36. The van der Waals surface area contributed by atoms with E-state index in [0.717, 1.165) is 13.0 Å². The van der Waals surface area contributed by atoms with Crippen LogP contribution in [0.5, 0.6) is 0 Å². The zero-order valence-electron chi connectivity index (χ0n) is 12.0. The highest BCUT2D eigenvalue weighted by molar-refractivity contribution is 6.21. The number of ether oxygens (including phenoxy) is 3. The molecular formula is C14H28ClNO3. The van der Waals surface area contributed by atoms with Crippen LogP contribution in [-0.2, 0) is 14.2 Å². The van der Waals surface area contributed by atoms with Gasteiger partial charge in [-0.25, -0.2) is 0 Å². The Kier molecular flexibility index (Phi) is 10.8. The Morgan fingerprint density at radius 1 is 0.947 bits per heavy atom. The minimum atomic E-state index is 0.278. The van der Waals surface area contributed by atoms with E-state index in [1.165, 1.54) is 25.7 Å². The van der Waals surface area contributed by atoms with Crippen molar-refractivity contribution in [2.45, 2.75) is 43.5 Å². The summed E-state index contributed by atoms with van der Waals surface area (Å²) in [6, 6.07) is 0.450. The lowest BCUT2D eigenvalue weighted by Crippen LogP contribution is -2.38. The maximum atomic E-state index is 6.36. The molecule has 0 saturated heterocycles. The van der Waals surface area contributed by atoms with Gasteiger partial charge in [0.25, 0.3) is 0 Å². The minimum Gasteiger partial charge on any atom is -0.382 e. The predicted molar refractivity (Wildman–Crippen MR) is 78.0 cm³/mol. The number of nitrogens with one attached hydrogen (secondary N) is 1. The summed E-state index contributed by atoms with van der Waals surface area (Å²) in [5.41, 5.74) is 0. The standard InChI is InChI=1S/C14H28ClNO3/c1-17-9-10-19-12-11-18-8-7-16-14-6-4-2-3-5-13(14)15/h13-14,16H,2-12H2,1H3. The fourth-order valence-corrected chi connectivity index (χ4v) is 2.64. The number of alkyl halides is 1. The zero-order chi connectivity index (χ0) is 13.8. The summed E-state index contributed by atoms with van der Waals surface area (Å²) in [6.45, 7) is 4.12. The number of hydrogen-bond acceptors (Lipinski definition) is 4. The normalized spacial score (nSPS) is 24.3. The van der Waals surface area contributed by atoms with Crippen LogP contribution in [-0.4, -0.2) is 58.1 Å². The van der Waals surface area contributed by atoms with Gasteiger partial charge >= 0.3 is 0 Å². The smallest absolute Gasteiger partial charge is 0.0701 e. The maximum absolute atomic E-state index is 6.36. The third-order valence-corrected chi connectivity index (χ3v) is 3.91. The van der Waals surface area contributed by atoms with Crippen molar-refractivity contribution in [2.24, 2.45) is 0 Å². The van der Waals surface area contributed by atoms with Crippen molar-refractivity contribution in [3.63, 3.8) is 0 Å². The molecule has 0 aromatic carbocycles. The van der Waals surface area contributed by atoms with Gasteiger partial charge in [-0.1, -0.05) is 19.3 Å². The van der Waals surface area contributed by atoms with E-state index in [1.807, 2.05) is 0 Å². The van der Waals surface area contributed by atoms with E-state index in [-0.39, 0.29) is 5.38 Å². The predicted octanol–water partition coefficient (Wildman–Crippen LogP) is 2.20. The van der Waals surface area contributed by atoms with Crippen molar-refractivity contribution in [2.75, 3.05) is 46.7 Å². The molecule has 114 valence electrons. The fourth-order valence-electron chi connectivity index (χ4n) is 2.27. The van der Waals surface area contributed by atoms with Gasteiger partial charge in [0.2, 0.25) is 0 Å². The van der Waals surface area contributed by atoms with Crippen molar-refractivity contribution < 1.29 is 14.2 Å². The Balaban J connectivity index is 1.89. The maximum Gasteiger partial charge on any atom is 0.0701 e. The van der Waals surface area contributed by atoms with Gasteiger partial charge in [-0.05, 0) is 12.8 Å². The summed E-state index contributed by atoms with van der Waals surface area (Å²) in [4.78, 5) is 0. The van der Waals surface area contributed by atoms with Crippen LogP contribution in [0.2, 0.25) is 0 Å². The average Bonchev–Trinajstić information content (AvgIpc) is 2.62. The van der Waals surface area contributed by atoms with Gasteiger partial charge in [0.1, 0.15) is 0 Å². The van der Waals surface area contributed by atoms with E-state index in [4.69, 9.17) is 25.8 Å². The molecular weight excluding hydrogens is 266 g/mol. The Morgan fingerprint density at radius 2 is 1.63 bits per heavy atom. The van der Waals surface area contributed by atoms with E-state index in [0.29, 0.717) is 39.1 Å². The lowest BCUT2D eigenvalue weighted by molar-refractivity contribution is 0.0252. The van der Waals surface area contributed by atoms with Crippen LogP contribution >= 0.6 is 11.6 Å². The lowest BCUT2D eigenvalue weighted by atomic mass is 10.1. The monoisotopic (exact) mass is 293 g/mol. The van der Waals surface area contributed by atoms with Gasteiger partial charge < -0.3 is 19.5 Å². The van der Waals surface area contributed by atoms with Crippen molar-refractivity contribution in [1.29, 1.82) is 0 Å². The number of halogens is 1. The van der Waals surface area contributed by atoms with Gasteiger partial charge in [0.05, 0.1) is 33.0 Å². The summed E-state index contributed by atoms with van der Waals surface area (Å²) in [6.07, 6.45) is 6.19. The SMILES string of the molecule is COCCOCCOCCNC1CCCCCC1Cl. The van der Waals surface area contributed by atoms with Crippen molar-refractivity contribution in [1.82, 2.24) is 5.32 Å². The summed E-state index contributed by atoms with van der Waals surface area (Å²) in [7, 11) is 1.67. The molecule has 1 fully saturated rings. The van der Waals surface area contributed by atoms with Gasteiger partial charge in [-0.2, -0.15) is 0 Å². The van der Waals surface area contributed by atoms with E-state index in [1.54, 1.807) is 7.11 Å². The molecule has 1 saturated carbocycles. The first-order chi connectivity index (χ1) is 9.34. The molecule has 1 aliphatic rings. The molecule has 5 heteroatoms. The minimum absolute atomic E-state index is 0.278. The Bertz CT molecular complexity index is 207. The number of hydrogen-bond donors (Lipinski definition) is 1. The first-order valence-corrected chi connectivity index (χ1v) is 7.80. The summed E-state index contributed by atoms with van der Waals surface area (Å²) < 4.78 is 15.7. The Morgan fingerprint density at radius 3 is 2.42 bits per heavy atom. The summed E-state index contributed by atoms with van der Waals surface area (Å²) in [5.74, 6) is 0. The van der Waals surface area contributed by atoms with Crippen LogP contribution in [0, 0.1) is 0 Å². The van der Waals surface area contributed by atoms with Crippen molar-refractivity contribution in [3.8, 4) is 0 Å². The van der Waals surface area contributed by atoms with Gasteiger partial charge in [0.15, 0.2) is 0 Å². The van der Waals surface area contributed by atoms with E-state index in [9.17, 15) is 0 Å². The molecule has 1 rings (SSSR count). The summed E-state index contributed by atoms with van der Waals surface area (Å²) in [5, 5.41) is 3.78. The molecule has 19 heavy (non-hydrogen) atoms. The molecule has 1 aliphatic carbocycles. The number of rotatable bonds is 10. The second-order valence-corrected chi connectivity index (χ2v) is 5.49. The second-order valence-electron chi connectivity index (χ2n) is 4.93. The third-order valence-electron chi connectivity index (χ3n) is 3.39. The van der Waals surface area contributed by atoms with Crippen molar-refractivity contribution in [3.05, 3.63) is 0 Å². The quantitative estimate of drug-likeness (QED) is 0.381. The average molecular weight is 294 g/mol. The van der Waals surface area contributed by atoms with Crippen LogP contribution in [0.15, 0.2) is 0 Å². The highest BCUT2D eigenvalue weighted by atomic mass is 35.5. The van der Waals surface area contributed by atoms with Crippen LogP contribution in [0.25, 0.3) is 0 Å². The molecule has 0 spiro atoms. The first kappa shape index (κ1) is 17.2. The molecule has 0 aromatic heterocycles. The number of methoxy groups -OCH3 is 1. The lowest BCUT2D eigenvalue weighted by Gasteiger charge is -2.21. The van der Waals surface area contributed by atoms with Gasteiger partial charge in [-0.3, -0.25) is 0 Å². The van der Waals surface area contributed by atoms with Crippen LogP contribution in [0.4, 0.5) is 0 Å². The topological polar surface area (TPSA) is 39.7 Å². The highest BCUT2D eigenvalue weighted by Crippen LogP contribution is 2.22. The summed E-state index contributed by atoms with van der Waals surface area (Å²) >= 11 is 6.36. The molecule has 0 aromatic rings. The van der Waals surface area contributed by atoms with Gasteiger partial charge in [-0.15, -0.1) is 11.6 Å². The fraction of sp³-hybridized carbons (Fsp3) is 1.00. The molecule has 0 aliphatic heterocycles. The Hall–Kier alpha value is 0.130. The molecule has 0 amide bonds. The van der Waals surface area contributed by atoms with Crippen LogP contribution in [0.1, 0.15) is 32.1 Å². The molecule has 0 heterocycles. The largest absolute Gasteiger partial charge is 0.382 e. The molecule has 2 unspecified atom stereocenters. The van der Waals surface area contributed by atoms with Crippen molar-refractivity contribution >= 4 is 11.6 Å². The molecule has 4 nitrogen and oxygen atoms in total. The van der Waals surface area contributed by atoms with E-state index in [2.05, 4.69) is 5.32 Å². The van der Waals surface area contributed by atoms with Crippen LogP contribution in [0.3, 0.4) is 0 Å². The van der Waals surface area contributed by atoms with E-state index >= 15 is 0 Å². The molecule has 0 bridgehead atoms. The zero-order valence-corrected chi connectivity index (χ0v) is 12.8. The van der Waals surface area contributed by atoms with Crippen LogP contribution < -0.4 is 5.32 Å². The van der Waals surface area contributed by atoms with E-state index < -0.39 is 0 Å². The molecule has 0 radical (unpaired) electrons. The highest BCUT2D eigenvalue weighted by Gasteiger charge is 2.20. The molecule has 2 atom stereocenters. The van der Waals surface area contributed by atoms with Gasteiger partial charge in [0, 0.05) is 25.1 Å². The second kappa shape index (κ2) is 11.9. The Labute approximate surface area is 122 Å². The molecule has 1 N–H and O–H groups in total.